The number of sulfone groups is 1. The van der Waals surface area contributed by atoms with Crippen molar-refractivity contribution in [2.45, 2.75) is 31.8 Å². The highest BCUT2D eigenvalue weighted by Gasteiger charge is 2.36. The van der Waals surface area contributed by atoms with Gasteiger partial charge in [0.2, 0.25) is 0 Å². The van der Waals surface area contributed by atoms with Crippen LogP contribution in [0.4, 0.5) is 0 Å². The van der Waals surface area contributed by atoms with Crippen molar-refractivity contribution in [1.82, 2.24) is 4.90 Å². The zero-order chi connectivity index (χ0) is 17.0. The lowest BCUT2D eigenvalue weighted by Crippen LogP contribution is -2.40. The third kappa shape index (κ3) is 3.87. The average Bonchev–Trinajstić information content (AvgIpc) is 2.96. The lowest BCUT2D eigenvalue weighted by molar-refractivity contribution is 0.169. The SMILES string of the molecule is CCCN(C(c1ccccc1)c1ccccc1)[C@H]1CCS(=O)(=O)C1. The predicted octanol–water partition coefficient (Wildman–Crippen LogP) is 3.68. The standard InChI is InChI=1S/C20H25NO2S/c1-2-14-21(19-13-15-24(22,23)16-19)20(17-9-5-3-6-10-17)18-11-7-4-8-12-18/h3-12,19-20H,2,13-16H2,1H3/t19-/m0/s1. The lowest BCUT2D eigenvalue weighted by Gasteiger charge is -2.36. The summed E-state index contributed by atoms with van der Waals surface area (Å²) in [6.07, 6.45) is 1.74. The molecule has 24 heavy (non-hydrogen) atoms. The van der Waals surface area contributed by atoms with Crippen molar-refractivity contribution < 1.29 is 8.42 Å². The van der Waals surface area contributed by atoms with Crippen LogP contribution in [0.25, 0.3) is 0 Å². The lowest BCUT2D eigenvalue weighted by atomic mass is 9.95. The molecule has 1 aliphatic heterocycles. The van der Waals surface area contributed by atoms with Gasteiger partial charge in [0.05, 0.1) is 17.5 Å². The van der Waals surface area contributed by atoms with Crippen molar-refractivity contribution in [2.24, 2.45) is 0 Å². The van der Waals surface area contributed by atoms with Crippen LogP contribution < -0.4 is 0 Å². The predicted molar refractivity (Wildman–Crippen MR) is 98.8 cm³/mol. The molecule has 0 amide bonds. The van der Waals surface area contributed by atoms with Crippen LogP contribution in [-0.4, -0.2) is 37.4 Å². The van der Waals surface area contributed by atoms with E-state index in [1.807, 2.05) is 12.1 Å². The maximum atomic E-state index is 12.0. The van der Waals surface area contributed by atoms with Gasteiger partial charge in [-0.3, -0.25) is 4.90 Å². The maximum absolute atomic E-state index is 12.0. The zero-order valence-corrected chi connectivity index (χ0v) is 15.0. The molecule has 0 unspecified atom stereocenters. The summed E-state index contributed by atoms with van der Waals surface area (Å²) in [5, 5.41) is 0. The number of hydrogen-bond donors (Lipinski definition) is 0. The van der Waals surface area contributed by atoms with E-state index >= 15 is 0 Å². The summed E-state index contributed by atoms with van der Waals surface area (Å²) >= 11 is 0. The Morgan fingerprint density at radius 3 is 1.96 bits per heavy atom. The van der Waals surface area contributed by atoms with Gasteiger partial charge in [0.1, 0.15) is 0 Å². The average molecular weight is 343 g/mol. The van der Waals surface area contributed by atoms with E-state index in [1.54, 1.807) is 0 Å². The van der Waals surface area contributed by atoms with Crippen LogP contribution in [0, 0.1) is 0 Å². The molecule has 0 aromatic heterocycles. The highest BCUT2D eigenvalue weighted by Crippen LogP contribution is 2.33. The summed E-state index contributed by atoms with van der Waals surface area (Å²) < 4.78 is 24.0. The summed E-state index contributed by atoms with van der Waals surface area (Å²) in [5.41, 5.74) is 2.45. The summed E-state index contributed by atoms with van der Waals surface area (Å²) in [6.45, 7) is 3.05. The third-order valence-corrected chi connectivity index (χ3v) is 6.47. The Balaban J connectivity index is 2.01. The van der Waals surface area contributed by atoms with Crippen LogP contribution in [0.15, 0.2) is 60.7 Å². The van der Waals surface area contributed by atoms with Gasteiger partial charge < -0.3 is 0 Å². The minimum absolute atomic E-state index is 0.0976. The summed E-state index contributed by atoms with van der Waals surface area (Å²) in [5.74, 6) is 0.595. The van der Waals surface area contributed by atoms with Crippen molar-refractivity contribution in [2.75, 3.05) is 18.1 Å². The fraction of sp³-hybridized carbons (Fsp3) is 0.400. The molecule has 3 nitrogen and oxygen atoms in total. The molecule has 1 atom stereocenters. The molecule has 0 spiro atoms. The monoisotopic (exact) mass is 343 g/mol. The number of hydrogen-bond acceptors (Lipinski definition) is 3. The first-order valence-corrected chi connectivity index (χ1v) is 10.5. The second-order valence-electron chi connectivity index (χ2n) is 6.52. The molecule has 0 saturated carbocycles. The molecule has 3 rings (SSSR count). The van der Waals surface area contributed by atoms with E-state index in [2.05, 4.69) is 60.4 Å². The molecule has 0 bridgehead atoms. The second-order valence-corrected chi connectivity index (χ2v) is 8.75. The van der Waals surface area contributed by atoms with Crippen molar-refractivity contribution >= 4 is 9.84 Å². The van der Waals surface area contributed by atoms with E-state index in [1.165, 1.54) is 11.1 Å². The molecule has 0 N–H and O–H groups in total. The van der Waals surface area contributed by atoms with Crippen molar-refractivity contribution in [3.8, 4) is 0 Å². The van der Waals surface area contributed by atoms with Crippen LogP contribution in [0.5, 0.6) is 0 Å². The molecule has 128 valence electrons. The van der Waals surface area contributed by atoms with Crippen molar-refractivity contribution in [3.63, 3.8) is 0 Å². The maximum Gasteiger partial charge on any atom is 0.151 e. The van der Waals surface area contributed by atoms with Crippen LogP contribution in [0.1, 0.15) is 36.9 Å². The Hall–Kier alpha value is -1.65. The van der Waals surface area contributed by atoms with Crippen LogP contribution in [0.2, 0.25) is 0 Å². The van der Waals surface area contributed by atoms with Crippen LogP contribution in [0.3, 0.4) is 0 Å². The van der Waals surface area contributed by atoms with Crippen molar-refractivity contribution in [3.05, 3.63) is 71.8 Å². The summed E-state index contributed by atoms with van der Waals surface area (Å²) in [6, 6.07) is 21.0. The van der Waals surface area contributed by atoms with E-state index < -0.39 is 9.84 Å². The summed E-state index contributed by atoms with van der Waals surface area (Å²) in [4.78, 5) is 2.40. The van der Waals surface area contributed by atoms with E-state index in [9.17, 15) is 8.42 Å². The molecule has 1 fully saturated rings. The van der Waals surface area contributed by atoms with Gasteiger partial charge in [0, 0.05) is 6.04 Å². The minimum Gasteiger partial charge on any atom is -0.288 e. The Labute approximate surface area is 145 Å². The first-order valence-electron chi connectivity index (χ1n) is 8.67. The molecule has 1 aliphatic rings. The Morgan fingerprint density at radius 2 is 1.54 bits per heavy atom. The molecule has 2 aromatic rings. The quantitative estimate of drug-likeness (QED) is 0.803. The molecule has 1 heterocycles. The molecule has 0 radical (unpaired) electrons. The van der Waals surface area contributed by atoms with E-state index in [0.29, 0.717) is 5.75 Å². The third-order valence-electron chi connectivity index (χ3n) is 4.72. The minimum atomic E-state index is -2.90. The van der Waals surface area contributed by atoms with Gasteiger partial charge in [-0.15, -0.1) is 0 Å². The first kappa shape index (κ1) is 17.2. The van der Waals surface area contributed by atoms with Crippen molar-refractivity contribution in [1.29, 1.82) is 0 Å². The smallest absolute Gasteiger partial charge is 0.151 e. The van der Waals surface area contributed by atoms with Gasteiger partial charge in [-0.2, -0.15) is 0 Å². The summed E-state index contributed by atoms with van der Waals surface area (Å²) in [7, 11) is -2.90. The highest BCUT2D eigenvalue weighted by molar-refractivity contribution is 7.91. The Kier molecular flexibility index (Phi) is 5.36. The van der Waals surface area contributed by atoms with Gasteiger partial charge in [-0.1, -0.05) is 67.6 Å². The van der Waals surface area contributed by atoms with E-state index in [4.69, 9.17) is 0 Å². The molecule has 1 saturated heterocycles. The fourth-order valence-corrected chi connectivity index (χ4v) is 5.41. The van der Waals surface area contributed by atoms with Gasteiger partial charge in [0.25, 0.3) is 0 Å². The second kappa shape index (κ2) is 7.49. The van der Waals surface area contributed by atoms with Gasteiger partial charge in [-0.25, -0.2) is 8.42 Å². The first-order chi connectivity index (χ1) is 11.6. The largest absolute Gasteiger partial charge is 0.288 e. The van der Waals surface area contributed by atoms with Gasteiger partial charge in [-0.05, 0) is 30.5 Å². The highest BCUT2D eigenvalue weighted by atomic mass is 32.2. The number of rotatable bonds is 6. The molecule has 0 aliphatic carbocycles. The fourth-order valence-electron chi connectivity index (χ4n) is 3.66. The van der Waals surface area contributed by atoms with E-state index in [0.717, 1.165) is 19.4 Å². The molecule has 2 aromatic carbocycles. The number of benzene rings is 2. The van der Waals surface area contributed by atoms with Crippen LogP contribution >= 0.6 is 0 Å². The Morgan fingerprint density at radius 1 is 1.00 bits per heavy atom. The molecule has 4 heteroatoms. The number of nitrogens with zero attached hydrogens (tertiary/aromatic N) is 1. The van der Waals surface area contributed by atoms with Crippen LogP contribution in [-0.2, 0) is 9.84 Å². The van der Waals surface area contributed by atoms with Gasteiger partial charge in [0.15, 0.2) is 9.84 Å². The Bertz CT molecular complexity index is 704. The zero-order valence-electron chi connectivity index (χ0n) is 14.1. The molecular formula is C20H25NO2S. The van der Waals surface area contributed by atoms with E-state index in [-0.39, 0.29) is 17.8 Å². The topological polar surface area (TPSA) is 37.4 Å². The van der Waals surface area contributed by atoms with Gasteiger partial charge >= 0.3 is 0 Å². The normalized spacial score (nSPS) is 19.9. The molecular weight excluding hydrogens is 318 g/mol.